The van der Waals surface area contributed by atoms with Crippen molar-refractivity contribution >= 4 is 11.6 Å². The maximum atomic E-state index is 11.8. The van der Waals surface area contributed by atoms with Gasteiger partial charge in [0.1, 0.15) is 0 Å². The van der Waals surface area contributed by atoms with Crippen molar-refractivity contribution in [2.45, 2.75) is 11.8 Å². The molecule has 0 aliphatic heterocycles. The summed E-state index contributed by atoms with van der Waals surface area (Å²) in [6.07, 6.45) is 0.394. The molecule has 0 spiro atoms. The Morgan fingerprint density at radius 1 is 1.27 bits per heavy atom. The second-order valence-electron chi connectivity index (χ2n) is 2.36. The van der Waals surface area contributed by atoms with Gasteiger partial charge in [-0.15, -0.1) is 11.6 Å². The molecule has 0 bridgehead atoms. The second kappa shape index (κ2) is 4.35. The van der Waals surface area contributed by atoms with E-state index in [2.05, 4.69) is 0 Å². The van der Waals surface area contributed by atoms with E-state index < -0.39 is 0 Å². The van der Waals surface area contributed by atoms with Gasteiger partial charge in [-0.3, -0.25) is 4.39 Å². The topological polar surface area (TPSA) is 0 Å². The van der Waals surface area contributed by atoms with Crippen molar-refractivity contribution in [1.29, 1.82) is 0 Å². The van der Waals surface area contributed by atoms with Crippen molar-refractivity contribution in [3.8, 4) is 0 Å². The number of halogens is 2. The summed E-state index contributed by atoms with van der Waals surface area (Å²) in [7, 11) is 0. The Morgan fingerprint density at radius 2 is 1.91 bits per heavy atom. The van der Waals surface area contributed by atoms with Crippen molar-refractivity contribution in [3.63, 3.8) is 0 Å². The van der Waals surface area contributed by atoms with E-state index >= 15 is 0 Å². The van der Waals surface area contributed by atoms with Crippen LogP contribution in [-0.4, -0.2) is 6.67 Å². The van der Waals surface area contributed by atoms with E-state index in [9.17, 15) is 4.39 Å². The highest BCUT2D eigenvalue weighted by Crippen LogP contribution is 2.23. The zero-order valence-electron chi connectivity index (χ0n) is 6.13. The van der Waals surface area contributed by atoms with Gasteiger partial charge in [0.2, 0.25) is 0 Å². The molecule has 0 nitrogen and oxygen atoms in total. The fourth-order valence-electron chi connectivity index (χ4n) is 0.924. The van der Waals surface area contributed by atoms with Gasteiger partial charge < -0.3 is 0 Å². The first-order valence-electron chi connectivity index (χ1n) is 3.59. The highest BCUT2D eigenvalue weighted by Gasteiger charge is 2.05. The van der Waals surface area contributed by atoms with Gasteiger partial charge in [0.05, 0.1) is 12.1 Å². The molecule has 0 fully saturated rings. The lowest BCUT2D eigenvalue weighted by Crippen LogP contribution is -1.90. The molecule has 0 aliphatic rings. The standard InChI is InChI=1S/C9H10ClF/c10-9(6-7-11)8-4-2-1-3-5-8/h1-5,9H,6-7H2. The molecule has 0 aromatic heterocycles. The zero-order chi connectivity index (χ0) is 8.10. The fraction of sp³-hybridized carbons (Fsp3) is 0.333. The van der Waals surface area contributed by atoms with Crippen LogP contribution in [0.15, 0.2) is 30.3 Å². The van der Waals surface area contributed by atoms with Crippen molar-refractivity contribution in [3.05, 3.63) is 35.9 Å². The first kappa shape index (κ1) is 8.54. The van der Waals surface area contributed by atoms with Crippen LogP contribution in [0.5, 0.6) is 0 Å². The van der Waals surface area contributed by atoms with Gasteiger partial charge in [-0.2, -0.15) is 0 Å². The number of rotatable bonds is 3. The molecular formula is C9H10ClF. The van der Waals surface area contributed by atoms with Gasteiger partial charge in [0, 0.05) is 0 Å². The van der Waals surface area contributed by atoms with Crippen LogP contribution < -0.4 is 0 Å². The molecule has 1 aromatic carbocycles. The summed E-state index contributed by atoms with van der Waals surface area (Å²) < 4.78 is 11.8. The number of alkyl halides is 2. The van der Waals surface area contributed by atoms with Crippen LogP contribution in [-0.2, 0) is 0 Å². The van der Waals surface area contributed by atoms with E-state index in [1.807, 2.05) is 30.3 Å². The predicted molar refractivity (Wildman–Crippen MR) is 45.6 cm³/mol. The Hall–Kier alpha value is -0.560. The summed E-state index contributed by atoms with van der Waals surface area (Å²) in [5, 5.41) is -0.179. The molecule has 1 rings (SSSR count). The molecule has 0 saturated carbocycles. The largest absolute Gasteiger partial charge is 0.251 e. The highest BCUT2D eigenvalue weighted by molar-refractivity contribution is 6.20. The molecule has 0 radical (unpaired) electrons. The highest BCUT2D eigenvalue weighted by atomic mass is 35.5. The van der Waals surface area contributed by atoms with Crippen LogP contribution >= 0.6 is 11.6 Å². The molecular weight excluding hydrogens is 163 g/mol. The third kappa shape index (κ3) is 2.51. The average molecular weight is 173 g/mol. The van der Waals surface area contributed by atoms with Crippen molar-refractivity contribution in [2.75, 3.05) is 6.67 Å². The Labute approximate surface area is 71.0 Å². The van der Waals surface area contributed by atoms with Crippen LogP contribution in [0.1, 0.15) is 17.4 Å². The maximum absolute atomic E-state index is 11.8. The fourth-order valence-corrected chi connectivity index (χ4v) is 1.15. The van der Waals surface area contributed by atoms with E-state index in [1.165, 1.54) is 0 Å². The van der Waals surface area contributed by atoms with E-state index in [1.54, 1.807) is 0 Å². The SMILES string of the molecule is FCCC(Cl)c1ccccc1. The van der Waals surface area contributed by atoms with E-state index in [-0.39, 0.29) is 12.1 Å². The summed E-state index contributed by atoms with van der Waals surface area (Å²) in [6, 6.07) is 9.55. The van der Waals surface area contributed by atoms with Crippen LogP contribution in [0, 0.1) is 0 Å². The van der Waals surface area contributed by atoms with Gasteiger partial charge >= 0.3 is 0 Å². The predicted octanol–water partition coefficient (Wildman–Crippen LogP) is 3.33. The first-order chi connectivity index (χ1) is 5.34. The maximum Gasteiger partial charge on any atom is 0.0911 e. The van der Waals surface area contributed by atoms with Gasteiger partial charge in [-0.25, -0.2) is 0 Å². The van der Waals surface area contributed by atoms with Crippen LogP contribution in [0.25, 0.3) is 0 Å². The molecule has 0 heterocycles. The third-order valence-electron chi connectivity index (χ3n) is 1.52. The van der Waals surface area contributed by atoms with Gasteiger partial charge in [0.25, 0.3) is 0 Å². The zero-order valence-corrected chi connectivity index (χ0v) is 6.89. The van der Waals surface area contributed by atoms with Gasteiger partial charge in [0.15, 0.2) is 0 Å². The molecule has 60 valence electrons. The molecule has 1 atom stereocenters. The minimum atomic E-state index is -0.358. The minimum Gasteiger partial charge on any atom is -0.251 e. The Balaban J connectivity index is 2.61. The number of hydrogen-bond acceptors (Lipinski definition) is 0. The number of benzene rings is 1. The lowest BCUT2D eigenvalue weighted by Gasteiger charge is -2.05. The Bertz CT molecular complexity index is 198. The molecule has 0 aliphatic carbocycles. The molecule has 0 saturated heterocycles. The lowest BCUT2D eigenvalue weighted by molar-refractivity contribution is 0.468. The van der Waals surface area contributed by atoms with E-state index in [4.69, 9.17) is 11.6 Å². The molecule has 11 heavy (non-hydrogen) atoms. The molecule has 1 unspecified atom stereocenters. The Morgan fingerprint density at radius 3 is 2.45 bits per heavy atom. The lowest BCUT2D eigenvalue weighted by atomic mass is 10.1. The number of hydrogen-bond donors (Lipinski definition) is 0. The minimum absolute atomic E-state index is 0.179. The summed E-state index contributed by atoms with van der Waals surface area (Å²) in [5.41, 5.74) is 0.992. The molecule has 1 aromatic rings. The van der Waals surface area contributed by atoms with E-state index in [0.717, 1.165) is 5.56 Å². The quantitative estimate of drug-likeness (QED) is 0.614. The van der Waals surface area contributed by atoms with Crippen molar-refractivity contribution in [2.24, 2.45) is 0 Å². The van der Waals surface area contributed by atoms with Crippen molar-refractivity contribution < 1.29 is 4.39 Å². The Kier molecular flexibility index (Phi) is 3.37. The molecule has 0 amide bonds. The van der Waals surface area contributed by atoms with Crippen molar-refractivity contribution in [1.82, 2.24) is 0 Å². The van der Waals surface area contributed by atoms with Crippen LogP contribution in [0.3, 0.4) is 0 Å². The third-order valence-corrected chi connectivity index (χ3v) is 1.99. The second-order valence-corrected chi connectivity index (χ2v) is 2.88. The van der Waals surface area contributed by atoms with Gasteiger partial charge in [-0.05, 0) is 12.0 Å². The average Bonchev–Trinajstić information content (AvgIpc) is 2.07. The molecule has 0 N–H and O–H groups in total. The monoisotopic (exact) mass is 172 g/mol. The van der Waals surface area contributed by atoms with Crippen LogP contribution in [0.2, 0.25) is 0 Å². The summed E-state index contributed by atoms with van der Waals surface area (Å²) in [5.74, 6) is 0. The molecule has 2 heteroatoms. The summed E-state index contributed by atoms with van der Waals surface area (Å²) in [6.45, 7) is -0.358. The smallest absolute Gasteiger partial charge is 0.0911 e. The summed E-state index contributed by atoms with van der Waals surface area (Å²) >= 11 is 5.87. The first-order valence-corrected chi connectivity index (χ1v) is 4.03. The van der Waals surface area contributed by atoms with Gasteiger partial charge in [-0.1, -0.05) is 30.3 Å². The van der Waals surface area contributed by atoms with E-state index in [0.29, 0.717) is 6.42 Å². The van der Waals surface area contributed by atoms with Crippen LogP contribution in [0.4, 0.5) is 4.39 Å². The normalized spacial score (nSPS) is 12.9. The summed E-state index contributed by atoms with van der Waals surface area (Å²) in [4.78, 5) is 0.